The summed E-state index contributed by atoms with van der Waals surface area (Å²) in [6, 6.07) is 14.5. The smallest absolute Gasteiger partial charge is 0.424 e. The Morgan fingerprint density at radius 1 is 1.29 bits per heavy atom. The van der Waals surface area contributed by atoms with Crippen LogP contribution in [0, 0.1) is 0 Å². The molecule has 0 radical (unpaired) electrons. The summed E-state index contributed by atoms with van der Waals surface area (Å²) in [4.78, 5) is 11.6. The summed E-state index contributed by atoms with van der Waals surface area (Å²) in [7, 11) is 0. The highest BCUT2D eigenvalue weighted by molar-refractivity contribution is 5.86. The van der Waals surface area contributed by atoms with Crippen molar-refractivity contribution in [2.45, 2.75) is 12.5 Å². The van der Waals surface area contributed by atoms with Gasteiger partial charge in [0, 0.05) is 0 Å². The van der Waals surface area contributed by atoms with Crippen molar-refractivity contribution >= 4 is 16.9 Å². The van der Waals surface area contributed by atoms with Gasteiger partial charge in [-0.1, -0.05) is 48.5 Å². The summed E-state index contributed by atoms with van der Waals surface area (Å²) in [6.45, 7) is 4.82. The van der Waals surface area contributed by atoms with Crippen molar-refractivity contribution in [2.75, 3.05) is 13.2 Å². The van der Waals surface area contributed by atoms with Gasteiger partial charge in [0.15, 0.2) is 0 Å². The Hall–Kier alpha value is -2.33. The summed E-state index contributed by atoms with van der Waals surface area (Å²) in [5.74, 6) is 0. The fourth-order valence-corrected chi connectivity index (χ4v) is 2.67. The van der Waals surface area contributed by atoms with Gasteiger partial charge < -0.3 is 4.74 Å². The maximum Gasteiger partial charge on any atom is 0.424 e. The lowest BCUT2D eigenvalue weighted by Crippen LogP contribution is -2.41. The molecule has 21 heavy (non-hydrogen) atoms. The molecule has 1 aliphatic rings. The van der Waals surface area contributed by atoms with Crippen molar-refractivity contribution in [1.29, 1.82) is 0 Å². The zero-order chi connectivity index (χ0) is 14.7. The normalized spacial score (nSPS) is 16.0. The molecule has 1 atom stereocenters. The van der Waals surface area contributed by atoms with E-state index in [-0.39, 0.29) is 12.1 Å². The van der Waals surface area contributed by atoms with E-state index in [9.17, 15) is 4.79 Å². The Balaban J connectivity index is 1.95. The van der Waals surface area contributed by atoms with Gasteiger partial charge in [-0.3, -0.25) is 0 Å². The van der Waals surface area contributed by atoms with Crippen LogP contribution >= 0.6 is 0 Å². The predicted octanol–water partition coefficient (Wildman–Crippen LogP) is 3.41. The first-order valence-electron chi connectivity index (χ1n) is 7.08. The van der Waals surface area contributed by atoms with E-state index in [1.165, 1.54) is 15.8 Å². The molecule has 1 heterocycles. The topological polar surface area (TPSA) is 41.6 Å². The average molecular weight is 282 g/mol. The molecule has 4 heteroatoms. The Labute approximate surface area is 124 Å². The molecule has 2 aromatic carbocycles. The molecule has 1 N–H and O–H groups in total. The number of amides is 1. The standard InChI is InChI=1S/C17H18N2O2/c1-2-6-16(18-19-11-12-21-17(19)20)15-10-5-8-13-7-3-4-9-14(13)15/h2-5,7-10,16,18H,1,6,11-12H2/t16-/m0/s1. The summed E-state index contributed by atoms with van der Waals surface area (Å²) in [5, 5.41) is 3.91. The van der Waals surface area contributed by atoms with Crippen molar-refractivity contribution in [3.63, 3.8) is 0 Å². The van der Waals surface area contributed by atoms with Crippen LogP contribution in [-0.2, 0) is 4.74 Å². The third kappa shape index (κ3) is 2.76. The number of carbonyl (C=O) groups is 1. The van der Waals surface area contributed by atoms with Crippen LogP contribution in [0.3, 0.4) is 0 Å². The molecule has 0 saturated carbocycles. The van der Waals surface area contributed by atoms with Crippen molar-refractivity contribution in [3.05, 3.63) is 60.7 Å². The zero-order valence-electron chi connectivity index (χ0n) is 11.8. The van der Waals surface area contributed by atoms with E-state index in [1.54, 1.807) is 0 Å². The van der Waals surface area contributed by atoms with E-state index in [0.717, 1.165) is 12.0 Å². The lowest BCUT2D eigenvalue weighted by Gasteiger charge is -2.24. The molecular formula is C17H18N2O2. The van der Waals surface area contributed by atoms with Gasteiger partial charge in [-0.15, -0.1) is 6.58 Å². The molecule has 1 aliphatic heterocycles. The molecule has 0 unspecified atom stereocenters. The molecule has 0 spiro atoms. The van der Waals surface area contributed by atoms with Crippen molar-refractivity contribution in [1.82, 2.24) is 10.4 Å². The third-order valence-corrected chi connectivity index (χ3v) is 3.67. The third-order valence-electron chi connectivity index (χ3n) is 3.67. The minimum atomic E-state index is -0.315. The molecular weight excluding hydrogens is 264 g/mol. The Morgan fingerprint density at radius 2 is 2.10 bits per heavy atom. The molecule has 1 amide bonds. The maximum atomic E-state index is 11.6. The molecule has 3 rings (SSSR count). The van der Waals surface area contributed by atoms with E-state index in [2.05, 4.69) is 36.3 Å². The second-order valence-electron chi connectivity index (χ2n) is 5.04. The minimum absolute atomic E-state index is 0.000694. The van der Waals surface area contributed by atoms with Crippen LogP contribution < -0.4 is 5.43 Å². The molecule has 0 aromatic heterocycles. The summed E-state index contributed by atoms with van der Waals surface area (Å²) in [5.41, 5.74) is 4.42. The number of benzene rings is 2. The highest BCUT2D eigenvalue weighted by Crippen LogP contribution is 2.27. The number of rotatable bonds is 5. The van der Waals surface area contributed by atoms with Crippen LogP contribution in [0.25, 0.3) is 10.8 Å². The molecule has 0 aliphatic carbocycles. The van der Waals surface area contributed by atoms with E-state index in [0.29, 0.717) is 13.2 Å². The molecule has 1 fully saturated rings. The van der Waals surface area contributed by atoms with Crippen LogP contribution in [0.1, 0.15) is 18.0 Å². The fourth-order valence-electron chi connectivity index (χ4n) is 2.67. The molecule has 2 aromatic rings. The number of nitrogens with zero attached hydrogens (tertiary/aromatic N) is 1. The highest BCUT2D eigenvalue weighted by Gasteiger charge is 2.25. The lowest BCUT2D eigenvalue weighted by molar-refractivity contribution is 0.138. The number of nitrogens with one attached hydrogen (secondary N) is 1. The second kappa shape index (κ2) is 5.97. The van der Waals surface area contributed by atoms with Gasteiger partial charge in [-0.2, -0.15) is 0 Å². The SMILES string of the molecule is C=CC[C@H](NN1CCOC1=O)c1cccc2ccccc12. The molecule has 1 saturated heterocycles. The van der Waals surface area contributed by atoms with Crippen molar-refractivity contribution < 1.29 is 9.53 Å². The van der Waals surface area contributed by atoms with Gasteiger partial charge in [0.1, 0.15) is 6.61 Å². The van der Waals surface area contributed by atoms with E-state index < -0.39 is 0 Å². The van der Waals surface area contributed by atoms with Crippen molar-refractivity contribution in [3.8, 4) is 0 Å². The first-order chi connectivity index (χ1) is 10.3. The van der Waals surface area contributed by atoms with Crippen LogP contribution in [0.4, 0.5) is 4.79 Å². The van der Waals surface area contributed by atoms with Gasteiger partial charge in [0.2, 0.25) is 0 Å². The average Bonchev–Trinajstić information content (AvgIpc) is 2.91. The van der Waals surface area contributed by atoms with E-state index >= 15 is 0 Å². The maximum absolute atomic E-state index is 11.6. The van der Waals surface area contributed by atoms with E-state index in [4.69, 9.17) is 4.74 Å². The number of cyclic esters (lactones) is 1. The number of fused-ring (bicyclic) bond motifs is 1. The van der Waals surface area contributed by atoms with Crippen LogP contribution in [-0.4, -0.2) is 24.3 Å². The first kappa shape index (κ1) is 13.6. The molecule has 108 valence electrons. The predicted molar refractivity (Wildman–Crippen MR) is 82.7 cm³/mol. The fraction of sp³-hybridized carbons (Fsp3) is 0.235. The summed E-state index contributed by atoms with van der Waals surface area (Å²) >= 11 is 0. The summed E-state index contributed by atoms with van der Waals surface area (Å²) in [6.07, 6.45) is 2.28. The first-order valence-corrected chi connectivity index (χ1v) is 7.08. The highest BCUT2D eigenvalue weighted by atomic mass is 16.6. The minimum Gasteiger partial charge on any atom is -0.447 e. The zero-order valence-corrected chi connectivity index (χ0v) is 11.8. The number of hydrogen-bond acceptors (Lipinski definition) is 3. The van der Waals surface area contributed by atoms with Gasteiger partial charge in [-0.25, -0.2) is 15.2 Å². The van der Waals surface area contributed by atoms with Gasteiger partial charge in [0.25, 0.3) is 0 Å². The van der Waals surface area contributed by atoms with Crippen molar-refractivity contribution in [2.24, 2.45) is 0 Å². The second-order valence-corrected chi connectivity index (χ2v) is 5.04. The monoisotopic (exact) mass is 282 g/mol. The number of hydrogen-bond donors (Lipinski definition) is 1. The van der Waals surface area contributed by atoms with Gasteiger partial charge >= 0.3 is 6.09 Å². The lowest BCUT2D eigenvalue weighted by atomic mass is 9.97. The Bertz CT molecular complexity index is 663. The Morgan fingerprint density at radius 3 is 2.86 bits per heavy atom. The van der Waals surface area contributed by atoms with Crippen LogP contribution in [0.5, 0.6) is 0 Å². The molecule has 0 bridgehead atoms. The number of hydrazine groups is 1. The number of ether oxygens (including phenoxy) is 1. The van der Waals surface area contributed by atoms with E-state index in [1.807, 2.05) is 24.3 Å². The van der Waals surface area contributed by atoms with Gasteiger partial charge in [0.05, 0.1) is 12.6 Å². The van der Waals surface area contributed by atoms with Crippen LogP contribution in [0.15, 0.2) is 55.1 Å². The largest absolute Gasteiger partial charge is 0.447 e. The quantitative estimate of drug-likeness (QED) is 0.854. The number of carbonyl (C=O) groups excluding carboxylic acids is 1. The Kier molecular flexibility index (Phi) is 3.88. The van der Waals surface area contributed by atoms with Gasteiger partial charge in [-0.05, 0) is 22.8 Å². The van der Waals surface area contributed by atoms with Crippen LogP contribution in [0.2, 0.25) is 0 Å². The summed E-state index contributed by atoms with van der Waals surface area (Å²) < 4.78 is 4.97. The molecule has 4 nitrogen and oxygen atoms in total.